The zero-order valence-electron chi connectivity index (χ0n) is 18.7. The maximum atomic E-state index is 13.0. The predicted molar refractivity (Wildman–Crippen MR) is 119 cm³/mol. The summed E-state index contributed by atoms with van der Waals surface area (Å²) in [4.78, 5) is 24.4. The number of ether oxygens (including phenoxy) is 1. The number of rotatable bonds is 8. The third-order valence-corrected chi connectivity index (χ3v) is 5.71. The minimum atomic E-state index is -0.665. The van der Waals surface area contributed by atoms with Crippen molar-refractivity contribution in [3.63, 3.8) is 0 Å². The van der Waals surface area contributed by atoms with Gasteiger partial charge in [0.05, 0.1) is 23.9 Å². The summed E-state index contributed by atoms with van der Waals surface area (Å²) in [6.07, 6.45) is 4.17. The van der Waals surface area contributed by atoms with Gasteiger partial charge in [-0.2, -0.15) is 0 Å². The molecule has 0 radical (unpaired) electrons. The summed E-state index contributed by atoms with van der Waals surface area (Å²) in [5.41, 5.74) is 1.06. The van der Waals surface area contributed by atoms with Crippen LogP contribution < -0.4 is 15.0 Å². The van der Waals surface area contributed by atoms with Crippen molar-refractivity contribution < 1.29 is 14.6 Å². The number of aromatic nitrogens is 2. The van der Waals surface area contributed by atoms with Gasteiger partial charge < -0.3 is 20.1 Å². The molecular formula is C23H34N4O3. The molecule has 0 saturated carbocycles. The molecule has 0 spiro atoms. The van der Waals surface area contributed by atoms with Gasteiger partial charge in [0, 0.05) is 18.0 Å². The Morgan fingerprint density at radius 2 is 2.17 bits per heavy atom. The van der Waals surface area contributed by atoms with Crippen molar-refractivity contribution in [3.05, 3.63) is 23.9 Å². The van der Waals surface area contributed by atoms with Crippen LogP contribution in [0.3, 0.4) is 0 Å². The zero-order chi connectivity index (χ0) is 21.9. The molecule has 3 rings (SSSR count). The quantitative estimate of drug-likeness (QED) is 0.689. The number of hydrogen-bond donors (Lipinski definition) is 2. The van der Waals surface area contributed by atoms with Gasteiger partial charge in [0.25, 0.3) is 0 Å². The predicted octanol–water partition coefficient (Wildman–Crippen LogP) is 3.36. The summed E-state index contributed by atoms with van der Waals surface area (Å²) in [6, 6.07) is 5.58. The molecule has 1 amide bonds. The molecule has 1 aromatic heterocycles. The van der Waals surface area contributed by atoms with E-state index in [2.05, 4.69) is 5.32 Å². The summed E-state index contributed by atoms with van der Waals surface area (Å²) in [5, 5.41) is 14.0. The second-order valence-corrected chi connectivity index (χ2v) is 8.96. The van der Waals surface area contributed by atoms with E-state index in [1.54, 1.807) is 7.11 Å². The maximum Gasteiger partial charge on any atom is 0.243 e. The lowest BCUT2D eigenvalue weighted by Gasteiger charge is -2.26. The number of aliphatic hydroxyl groups is 1. The van der Waals surface area contributed by atoms with Crippen LogP contribution in [0.1, 0.15) is 58.6 Å². The molecule has 2 heterocycles. The van der Waals surface area contributed by atoms with E-state index in [1.165, 1.54) is 0 Å². The van der Waals surface area contributed by atoms with E-state index < -0.39 is 5.60 Å². The number of nitrogens with one attached hydrogen (secondary N) is 1. The average Bonchev–Trinajstić information content (AvgIpc) is 3.16. The van der Waals surface area contributed by atoms with Gasteiger partial charge in [0.15, 0.2) is 0 Å². The first-order chi connectivity index (χ1) is 14.2. The summed E-state index contributed by atoms with van der Waals surface area (Å²) in [5.74, 6) is 1.41. The summed E-state index contributed by atoms with van der Waals surface area (Å²) in [7, 11) is 1.64. The van der Waals surface area contributed by atoms with Crippen molar-refractivity contribution in [2.75, 3.05) is 18.6 Å². The second-order valence-electron chi connectivity index (χ2n) is 8.96. The molecule has 2 aromatic rings. The van der Waals surface area contributed by atoms with Gasteiger partial charge in [-0.25, -0.2) is 9.97 Å². The number of carbonyl (C=O) groups is 1. The first-order valence-corrected chi connectivity index (χ1v) is 10.8. The highest BCUT2D eigenvalue weighted by atomic mass is 16.5. The molecule has 1 saturated heterocycles. The van der Waals surface area contributed by atoms with Crippen LogP contribution in [0.5, 0.6) is 5.75 Å². The van der Waals surface area contributed by atoms with E-state index in [1.807, 2.05) is 50.8 Å². The van der Waals surface area contributed by atoms with Gasteiger partial charge in [-0.3, -0.25) is 4.79 Å². The summed E-state index contributed by atoms with van der Waals surface area (Å²) < 4.78 is 5.31. The molecule has 1 aliphatic heterocycles. The number of fused-ring (bicyclic) bond motifs is 1. The molecule has 2 atom stereocenters. The van der Waals surface area contributed by atoms with E-state index in [-0.39, 0.29) is 18.0 Å². The lowest BCUT2D eigenvalue weighted by atomic mass is 9.99. The Balaban J connectivity index is 1.70. The van der Waals surface area contributed by atoms with E-state index in [0.29, 0.717) is 5.95 Å². The van der Waals surface area contributed by atoms with Gasteiger partial charge >= 0.3 is 0 Å². The molecule has 30 heavy (non-hydrogen) atoms. The molecule has 7 heteroatoms. The Kier molecular flexibility index (Phi) is 6.81. The largest absolute Gasteiger partial charge is 0.497 e. The van der Waals surface area contributed by atoms with Crippen LogP contribution in [0.25, 0.3) is 10.9 Å². The normalized spacial score (nSPS) is 17.9. The number of benzene rings is 1. The van der Waals surface area contributed by atoms with Crippen molar-refractivity contribution in [3.8, 4) is 5.75 Å². The van der Waals surface area contributed by atoms with E-state index >= 15 is 0 Å². The number of anilines is 1. The third kappa shape index (κ3) is 5.39. The van der Waals surface area contributed by atoms with Gasteiger partial charge in [-0.15, -0.1) is 0 Å². The fourth-order valence-electron chi connectivity index (χ4n) is 4.03. The van der Waals surface area contributed by atoms with Crippen molar-refractivity contribution in [1.29, 1.82) is 0 Å². The van der Waals surface area contributed by atoms with Crippen molar-refractivity contribution >= 4 is 22.8 Å². The Morgan fingerprint density at radius 1 is 1.40 bits per heavy atom. The first kappa shape index (κ1) is 22.3. The molecule has 0 aliphatic carbocycles. The Bertz CT molecular complexity index is 894. The molecular weight excluding hydrogens is 380 g/mol. The number of amides is 1. The minimum absolute atomic E-state index is 0.0272. The number of methoxy groups -OCH3 is 1. The van der Waals surface area contributed by atoms with Crippen LogP contribution in [-0.2, 0) is 4.79 Å². The monoisotopic (exact) mass is 414 g/mol. The molecule has 7 nitrogen and oxygen atoms in total. The van der Waals surface area contributed by atoms with Crippen LogP contribution >= 0.6 is 0 Å². The lowest BCUT2D eigenvalue weighted by Crippen LogP contribution is -2.47. The SMILES string of the molecule is COc1ccc2nc(N3CCCC3C(=O)NC(C)CCCC(C)(C)O)nc(C)c2c1. The van der Waals surface area contributed by atoms with Gasteiger partial charge in [0.2, 0.25) is 11.9 Å². The van der Waals surface area contributed by atoms with E-state index in [9.17, 15) is 9.90 Å². The minimum Gasteiger partial charge on any atom is -0.497 e. The van der Waals surface area contributed by atoms with Crippen LogP contribution in [0.2, 0.25) is 0 Å². The fraction of sp³-hybridized carbons (Fsp3) is 0.609. The molecule has 1 aliphatic rings. The fourth-order valence-corrected chi connectivity index (χ4v) is 4.03. The number of aryl methyl sites for hydroxylation is 1. The van der Waals surface area contributed by atoms with Crippen molar-refractivity contribution in [2.45, 2.75) is 77.5 Å². The Labute approximate surface area is 178 Å². The third-order valence-electron chi connectivity index (χ3n) is 5.71. The number of hydrogen-bond acceptors (Lipinski definition) is 6. The lowest BCUT2D eigenvalue weighted by molar-refractivity contribution is -0.122. The number of nitrogens with zero attached hydrogens (tertiary/aromatic N) is 3. The van der Waals surface area contributed by atoms with Crippen LogP contribution in [0.4, 0.5) is 5.95 Å². The molecule has 2 N–H and O–H groups in total. The molecule has 1 fully saturated rings. The standard InChI is InChI=1S/C23H34N4O3/c1-15(8-6-12-23(3,4)29)24-21(28)20-9-7-13-27(20)22-25-16(2)18-14-17(30-5)10-11-19(18)26-22/h10-11,14-15,20,29H,6-9,12-13H2,1-5H3,(H,24,28). The van der Waals surface area contributed by atoms with Crippen LogP contribution in [0.15, 0.2) is 18.2 Å². The van der Waals surface area contributed by atoms with E-state index in [4.69, 9.17) is 14.7 Å². The molecule has 1 aromatic carbocycles. The number of carbonyl (C=O) groups excluding carboxylic acids is 1. The van der Waals surface area contributed by atoms with Crippen molar-refractivity contribution in [2.24, 2.45) is 0 Å². The van der Waals surface area contributed by atoms with Gasteiger partial charge in [-0.05, 0) is 78.0 Å². The Morgan fingerprint density at radius 3 is 2.87 bits per heavy atom. The summed E-state index contributed by atoms with van der Waals surface area (Å²) >= 11 is 0. The molecule has 0 bridgehead atoms. The molecule has 164 valence electrons. The maximum absolute atomic E-state index is 13.0. The topological polar surface area (TPSA) is 87.6 Å². The van der Waals surface area contributed by atoms with Gasteiger partial charge in [-0.1, -0.05) is 0 Å². The zero-order valence-corrected chi connectivity index (χ0v) is 18.7. The highest BCUT2D eigenvalue weighted by molar-refractivity contribution is 5.87. The second kappa shape index (κ2) is 9.16. The first-order valence-electron chi connectivity index (χ1n) is 10.8. The van der Waals surface area contributed by atoms with Crippen LogP contribution in [-0.4, -0.2) is 52.3 Å². The summed E-state index contributed by atoms with van der Waals surface area (Å²) in [6.45, 7) is 8.38. The highest BCUT2D eigenvalue weighted by Crippen LogP contribution is 2.28. The van der Waals surface area contributed by atoms with Crippen LogP contribution in [0, 0.1) is 6.92 Å². The van der Waals surface area contributed by atoms with E-state index in [0.717, 1.165) is 61.0 Å². The van der Waals surface area contributed by atoms with Crippen molar-refractivity contribution in [1.82, 2.24) is 15.3 Å². The average molecular weight is 415 g/mol. The smallest absolute Gasteiger partial charge is 0.243 e. The highest BCUT2D eigenvalue weighted by Gasteiger charge is 2.33. The Hall–Kier alpha value is -2.41. The van der Waals surface area contributed by atoms with Gasteiger partial charge in [0.1, 0.15) is 11.8 Å². The molecule has 2 unspecified atom stereocenters.